The second-order valence-electron chi connectivity index (χ2n) is 31.0. The van der Waals surface area contributed by atoms with Crippen LogP contribution in [0.3, 0.4) is 0 Å². The number of nitrogens with zero attached hydrogens (tertiary/aromatic N) is 4. The summed E-state index contributed by atoms with van der Waals surface area (Å²) < 4.78 is 1.92. The molecule has 536 valence electrons. The topological polar surface area (TPSA) is 13.0 Å². The third-order valence-electron chi connectivity index (χ3n) is 23.3. The molecule has 8 aliphatic rings. The van der Waals surface area contributed by atoms with Gasteiger partial charge in [0.05, 0.1) is 0 Å². The third kappa shape index (κ3) is 17.5. The van der Waals surface area contributed by atoms with Gasteiger partial charge in [-0.3, -0.25) is 0 Å². The van der Waals surface area contributed by atoms with Crippen LogP contribution in [0.5, 0.6) is 0 Å². The fraction of sp³-hybridized carbons (Fsp3) is 0.588. The Morgan fingerprint density at radius 3 is 0.888 bits per heavy atom. The van der Waals surface area contributed by atoms with Crippen LogP contribution in [0.25, 0.3) is 0 Å². The second kappa shape index (κ2) is 35.6. The molecular formula is C85H116Br2Cl4N4P2Ru. The summed E-state index contributed by atoms with van der Waals surface area (Å²) in [6, 6.07) is 28.8. The van der Waals surface area contributed by atoms with Crippen molar-refractivity contribution in [2.24, 2.45) is 0 Å². The van der Waals surface area contributed by atoms with Crippen LogP contribution in [0.15, 0.2) is 102 Å². The minimum absolute atomic E-state index is 0.0578. The predicted octanol–water partition coefficient (Wildman–Crippen LogP) is 27.7. The van der Waals surface area contributed by atoms with Crippen LogP contribution in [0.4, 0.5) is 22.7 Å². The Hall–Kier alpha value is -1.75. The maximum atomic E-state index is 7.59. The van der Waals surface area contributed by atoms with Crippen molar-refractivity contribution in [2.45, 2.75) is 318 Å². The first-order valence-electron chi connectivity index (χ1n) is 38.1. The fourth-order valence-corrected chi connectivity index (χ4v) is 32.8. The number of alkyl halides is 4. The van der Waals surface area contributed by atoms with Crippen molar-refractivity contribution < 1.29 is 13.5 Å². The third-order valence-corrected chi connectivity index (χ3v) is 36.7. The van der Waals surface area contributed by atoms with Crippen LogP contribution < -0.4 is 19.6 Å². The molecule has 0 radical (unpaired) electrons. The van der Waals surface area contributed by atoms with E-state index in [2.05, 4.69) is 183 Å². The summed E-state index contributed by atoms with van der Waals surface area (Å²) in [5.41, 5.74) is 30.5. The quantitative estimate of drug-likeness (QED) is 0.0565. The normalized spacial score (nSPS) is 24.3. The molecule has 13 rings (SSSR count). The molecule has 5 aromatic rings. The second-order valence-corrected chi connectivity index (χ2v) is 45.4. The van der Waals surface area contributed by atoms with E-state index in [9.17, 15) is 0 Å². The molecule has 8 fully saturated rings. The molecule has 0 spiro atoms. The van der Waals surface area contributed by atoms with E-state index >= 15 is 0 Å². The first kappa shape index (κ1) is 77.4. The van der Waals surface area contributed by atoms with Gasteiger partial charge >= 0.3 is 73.4 Å². The zero-order valence-electron chi connectivity index (χ0n) is 61.5. The predicted molar refractivity (Wildman–Crippen MR) is 440 cm³/mol. The Morgan fingerprint density at radius 2 is 0.612 bits per heavy atom. The van der Waals surface area contributed by atoms with E-state index in [1.54, 1.807) is 11.1 Å². The van der Waals surface area contributed by atoms with Crippen LogP contribution >= 0.6 is 90.3 Å². The summed E-state index contributed by atoms with van der Waals surface area (Å²) in [7, 11) is 11.2. The molecule has 13 heteroatoms. The average Bonchev–Trinajstić information content (AvgIpc) is 1.56. The van der Waals surface area contributed by atoms with Crippen LogP contribution in [0.2, 0.25) is 0 Å². The van der Waals surface area contributed by atoms with E-state index in [0.717, 1.165) is 33.9 Å². The van der Waals surface area contributed by atoms with E-state index in [-0.39, 0.29) is 36.7 Å². The summed E-state index contributed by atoms with van der Waals surface area (Å²) in [5.74, 6) is 2.83. The van der Waals surface area contributed by atoms with Gasteiger partial charge in [-0.2, -0.15) is 0 Å². The molecule has 0 N–H and O–H groups in total. The first-order valence-corrected chi connectivity index (χ1v) is 49.3. The van der Waals surface area contributed by atoms with E-state index in [1.165, 1.54) is 281 Å². The van der Waals surface area contributed by atoms with Gasteiger partial charge in [-0.05, 0) is 251 Å². The zero-order valence-corrected chi connectivity index (χ0v) is 71.2. The van der Waals surface area contributed by atoms with E-state index in [4.69, 9.17) is 42.6 Å². The molecule has 0 bridgehead atoms. The van der Waals surface area contributed by atoms with Crippen molar-refractivity contribution in [1.29, 1.82) is 0 Å². The molecule has 2 heterocycles. The Balaban J connectivity index is 0.000000174. The number of hydrogen-bond donors (Lipinski definition) is 0. The molecular weight excluding hydrogens is 1540 g/mol. The van der Waals surface area contributed by atoms with E-state index in [0.29, 0.717) is 5.66 Å². The van der Waals surface area contributed by atoms with Crippen molar-refractivity contribution in [3.63, 3.8) is 0 Å². The Kier molecular flexibility index (Phi) is 28.1. The van der Waals surface area contributed by atoms with Gasteiger partial charge in [0.15, 0.2) is 0 Å². The molecule has 6 aliphatic carbocycles. The molecule has 6 atom stereocenters. The Bertz CT molecular complexity index is 3160. The van der Waals surface area contributed by atoms with E-state index in [1.807, 2.05) is 34.9 Å². The molecule has 6 saturated carbocycles. The Morgan fingerprint density at radius 1 is 0.357 bits per heavy atom. The standard InChI is InChI=1S/C39H55Br2N2P.C39H55Cl2N2P.C7H6.2ClH.Ru/c2*1-25-21-27(3)35(28(4)22-25)42-37(40)38(41)43(36-29(5)23-26(2)24-30(36)6)39(42)33-19-13-14-20-34(33)44(31-15-9-7-10-16-31)32-17-11-8-12-18-32;1-7-5-3-2-4-6-7;;;/h2*21-24,31-32,34,37-38H,7-20H2,1-6H3;1-6H;2*1H;/q;;;;;+2/p-2. The summed E-state index contributed by atoms with van der Waals surface area (Å²) in [6.45, 7) is 27.3. The van der Waals surface area contributed by atoms with Crippen molar-refractivity contribution in [2.75, 3.05) is 19.6 Å². The molecule has 0 amide bonds. The number of hydrogen-bond acceptors (Lipinski definition) is 4. The molecule has 0 aromatic heterocycles. The monoisotopic (exact) mass is 1650 g/mol. The number of allylic oxidation sites excluding steroid dienone is 2. The SMILES string of the molecule is Cc1cc(C)c(N2C(=C3CCCCC3P(C3CCCCC3)C3CCCCC3)N(c3c(C)cc(C)cc3C)C(Br)C2Br)c(C)c1.Cc1cc(C)c(N2C(=C3CCCCC3P(C3CCCCC3)C3CCCCC3)N(c3c(C)cc(C)cc3C)C(Cl)C2Cl)c(C)c1.[Cl][Ru]([Cl])=[CH]c1ccccc1. The van der Waals surface area contributed by atoms with Gasteiger partial charge in [-0.1, -0.05) is 232 Å². The number of aryl methyl sites for hydroxylation is 12. The van der Waals surface area contributed by atoms with Gasteiger partial charge in [-0.15, -0.1) is 0 Å². The number of rotatable bonds is 11. The van der Waals surface area contributed by atoms with Crippen LogP contribution in [0, 0.1) is 83.1 Å². The van der Waals surface area contributed by atoms with Gasteiger partial charge in [0, 0.05) is 34.1 Å². The zero-order chi connectivity index (χ0) is 69.6. The number of benzene rings is 5. The van der Waals surface area contributed by atoms with Crippen molar-refractivity contribution >= 4 is 118 Å². The fourth-order valence-electron chi connectivity index (χ4n) is 19.8. The molecule has 98 heavy (non-hydrogen) atoms. The molecule has 2 saturated heterocycles. The van der Waals surface area contributed by atoms with Crippen LogP contribution in [0.1, 0.15) is 252 Å². The van der Waals surface area contributed by atoms with Crippen molar-refractivity contribution in [1.82, 2.24) is 0 Å². The first-order chi connectivity index (χ1) is 47.1. The summed E-state index contributed by atoms with van der Waals surface area (Å²) in [4.78, 5) is 10.8. The van der Waals surface area contributed by atoms with Gasteiger partial charge in [-0.25, -0.2) is 0 Å². The average molecular weight is 1660 g/mol. The van der Waals surface area contributed by atoms with Crippen LogP contribution in [-0.2, 0) is 13.5 Å². The van der Waals surface area contributed by atoms with Crippen LogP contribution in [-0.4, -0.2) is 59.5 Å². The molecule has 4 nitrogen and oxygen atoms in total. The summed E-state index contributed by atoms with van der Waals surface area (Å²) >= 11 is 22.2. The number of halogens is 6. The van der Waals surface area contributed by atoms with Crippen molar-refractivity contribution in [3.8, 4) is 0 Å². The van der Waals surface area contributed by atoms with Crippen molar-refractivity contribution in [3.05, 3.63) is 174 Å². The van der Waals surface area contributed by atoms with E-state index < -0.39 is 13.5 Å². The maximum absolute atomic E-state index is 7.59. The van der Waals surface area contributed by atoms with Gasteiger partial charge in [0.25, 0.3) is 0 Å². The Labute approximate surface area is 636 Å². The van der Waals surface area contributed by atoms with Gasteiger partial charge < -0.3 is 19.6 Å². The number of anilines is 4. The van der Waals surface area contributed by atoms with Gasteiger partial charge in [0.2, 0.25) is 0 Å². The summed E-state index contributed by atoms with van der Waals surface area (Å²) in [6.07, 6.45) is 39.7. The molecule has 2 aliphatic heterocycles. The molecule has 5 aromatic carbocycles. The minimum atomic E-state index is -1.61. The summed E-state index contributed by atoms with van der Waals surface area (Å²) in [5, 5.41) is 0. The molecule has 6 unspecified atom stereocenters. The van der Waals surface area contributed by atoms with Gasteiger partial charge in [0.1, 0.15) is 32.5 Å².